The topological polar surface area (TPSA) is 70.4 Å². The second-order valence-corrected chi connectivity index (χ2v) is 8.94. The number of pyridine rings is 1. The summed E-state index contributed by atoms with van der Waals surface area (Å²) in [5.74, 6) is 0.636. The first-order valence-corrected chi connectivity index (χ1v) is 10.6. The fourth-order valence-corrected chi connectivity index (χ4v) is 4.09. The van der Waals surface area contributed by atoms with Gasteiger partial charge in [-0.2, -0.15) is 0 Å². The van der Waals surface area contributed by atoms with Gasteiger partial charge >= 0.3 is 6.09 Å². The Morgan fingerprint density at radius 2 is 1.81 bits per heavy atom. The van der Waals surface area contributed by atoms with Gasteiger partial charge < -0.3 is 9.47 Å². The fraction of sp³-hybridized carbons (Fsp3) is 0.208. The number of carbonyl (C=O) groups is 2. The maximum absolute atomic E-state index is 13.1. The number of nitrogens with zero attached hydrogens (tertiary/aromatic N) is 2. The van der Waals surface area contributed by atoms with Gasteiger partial charge in [-0.1, -0.05) is 0 Å². The number of rotatable bonds is 4. The predicted octanol–water partition coefficient (Wildman–Crippen LogP) is 5.79. The highest BCUT2D eigenvalue weighted by Gasteiger charge is 2.21. The maximum atomic E-state index is 13.1. The van der Waals surface area contributed by atoms with E-state index >= 15 is 0 Å². The molecule has 7 heteroatoms. The van der Waals surface area contributed by atoms with Gasteiger partial charge in [0, 0.05) is 39.3 Å². The van der Waals surface area contributed by atoms with Gasteiger partial charge in [0.2, 0.25) is 0 Å². The molecule has 1 aromatic carbocycles. The third-order valence-electron chi connectivity index (χ3n) is 4.64. The van der Waals surface area contributed by atoms with Crippen LogP contribution in [0.1, 0.15) is 36.7 Å². The molecule has 0 aliphatic rings. The smallest absolute Gasteiger partial charge is 0.420 e. The number of fused-ring (bicyclic) bond motifs is 1. The molecule has 4 rings (SSSR count). The van der Waals surface area contributed by atoms with Crippen LogP contribution in [-0.4, -0.2) is 34.1 Å². The highest BCUT2D eigenvalue weighted by molar-refractivity contribution is 7.14. The van der Waals surface area contributed by atoms with Crippen LogP contribution in [0.2, 0.25) is 0 Å². The predicted molar refractivity (Wildman–Crippen MR) is 121 cm³/mol. The summed E-state index contributed by atoms with van der Waals surface area (Å²) >= 11 is 1.48. The monoisotopic (exact) mass is 434 g/mol. The van der Waals surface area contributed by atoms with E-state index in [0.717, 1.165) is 15.8 Å². The molecule has 6 nitrogen and oxygen atoms in total. The lowest BCUT2D eigenvalue weighted by Gasteiger charge is -2.19. The Bertz CT molecular complexity index is 1260. The number of hydrogen-bond donors (Lipinski definition) is 0. The second-order valence-electron chi connectivity index (χ2n) is 8.02. The van der Waals surface area contributed by atoms with Crippen molar-refractivity contribution < 1.29 is 19.1 Å². The van der Waals surface area contributed by atoms with Crippen molar-refractivity contribution in [2.45, 2.75) is 26.4 Å². The summed E-state index contributed by atoms with van der Waals surface area (Å²) < 4.78 is 12.0. The van der Waals surface area contributed by atoms with Crippen molar-refractivity contribution in [3.8, 4) is 16.2 Å². The first-order chi connectivity index (χ1) is 14.8. The molecular weight excluding hydrogens is 412 g/mol. The molecule has 0 fully saturated rings. The number of thiophene rings is 1. The van der Waals surface area contributed by atoms with Gasteiger partial charge in [0.25, 0.3) is 0 Å². The molecule has 3 heterocycles. The lowest BCUT2D eigenvalue weighted by Crippen LogP contribution is -2.26. The molecule has 0 spiro atoms. The van der Waals surface area contributed by atoms with Gasteiger partial charge in [-0.15, -0.1) is 11.3 Å². The second kappa shape index (κ2) is 8.00. The van der Waals surface area contributed by atoms with Gasteiger partial charge in [-0.25, -0.2) is 14.3 Å². The zero-order chi connectivity index (χ0) is 22.2. The van der Waals surface area contributed by atoms with Crippen LogP contribution in [0.3, 0.4) is 0 Å². The van der Waals surface area contributed by atoms with E-state index in [9.17, 15) is 9.59 Å². The summed E-state index contributed by atoms with van der Waals surface area (Å²) in [6.45, 7) is 5.46. The zero-order valence-electron chi connectivity index (χ0n) is 17.7. The normalized spacial score (nSPS) is 11.5. The minimum Gasteiger partial charge on any atom is -0.497 e. The van der Waals surface area contributed by atoms with Crippen LogP contribution in [-0.2, 0) is 4.74 Å². The van der Waals surface area contributed by atoms with Crippen LogP contribution in [0.4, 0.5) is 4.79 Å². The van der Waals surface area contributed by atoms with Crippen molar-refractivity contribution in [2.24, 2.45) is 0 Å². The van der Waals surface area contributed by atoms with Crippen molar-refractivity contribution >= 4 is 34.2 Å². The number of carbonyl (C=O) groups excluding carboxylic acids is 2. The molecule has 0 aliphatic heterocycles. The van der Waals surface area contributed by atoms with Gasteiger partial charge in [-0.3, -0.25) is 4.79 Å². The minimum absolute atomic E-state index is 0.0645. The maximum Gasteiger partial charge on any atom is 0.420 e. The molecule has 158 valence electrons. The Balaban J connectivity index is 1.67. The third-order valence-corrected chi connectivity index (χ3v) is 5.60. The van der Waals surface area contributed by atoms with Crippen LogP contribution < -0.4 is 4.74 Å². The summed E-state index contributed by atoms with van der Waals surface area (Å²) in [4.78, 5) is 30.8. The Morgan fingerprint density at radius 1 is 1.06 bits per heavy atom. The lowest BCUT2D eigenvalue weighted by molar-refractivity contribution is 0.0543. The number of aromatic nitrogens is 2. The quantitative estimate of drug-likeness (QED) is 0.380. The van der Waals surface area contributed by atoms with E-state index in [1.807, 2.05) is 44.4 Å². The molecule has 0 aliphatic carbocycles. The summed E-state index contributed by atoms with van der Waals surface area (Å²) in [6, 6.07) is 12.6. The van der Waals surface area contributed by atoms with Crippen molar-refractivity contribution in [1.82, 2.24) is 9.55 Å². The standard InChI is InChI=1S/C24H22N2O4S/c1-24(2,3)30-23(28)26-11-9-16-13-17(14-25-22(16)26)21-19(10-12-31-21)20(27)15-5-7-18(29-4)8-6-15/h5-14H,1-4H3. The van der Waals surface area contributed by atoms with Crippen molar-refractivity contribution in [2.75, 3.05) is 7.11 Å². The van der Waals surface area contributed by atoms with E-state index in [1.165, 1.54) is 15.9 Å². The van der Waals surface area contributed by atoms with Gasteiger partial charge in [0.15, 0.2) is 5.78 Å². The Labute approximate surface area is 184 Å². The SMILES string of the molecule is COc1ccc(C(=O)c2ccsc2-c2cnc3c(ccn3C(=O)OC(C)(C)C)c2)cc1. The zero-order valence-corrected chi connectivity index (χ0v) is 18.5. The average Bonchev–Trinajstić information content (AvgIpc) is 3.38. The van der Waals surface area contributed by atoms with E-state index in [0.29, 0.717) is 22.5 Å². The summed E-state index contributed by atoms with van der Waals surface area (Å²) in [5.41, 5.74) is 1.94. The molecule has 3 aromatic heterocycles. The van der Waals surface area contributed by atoms with E-state index in [4.69, 9.17) is 9.47 Å². The molecule has 0 N–H and O–H groups in total. The molecule has 0 saturated carbocycles. The Morgan fingerprint density at radius 3 is 2.48 bits per heavy atom. The first kappa shape index (κ1) is 20.8. The van der Waals surface area contributed by atoms with Gasteiger partial charge in [0.05, 0.1) is 7.11 Å². The van der Waals surface area contributed by atoms with E-state index in [1.54, 1.807) is 43.8 Å². The molecule has 4 aromatic rings. The highest BCUT2D eigenvalue weighted by atomic mass is 32.1. The first-order valence-electron chi connectivity index (χ1n) is 9.74. The number of benzene rings is 1. The number of methoxy groups -OCH3 is 1. The number of hydrogen-bond acceptors (Lipinski definition) is 6. The molecule has 0 saturated heterocycles. The molecule has 0 bridgehead atoms. The molecule has 0 amide bonds. The largest absolute Gasteiger partial charge is 0.497 e. The summed E-state index contributed by atoms with van der Waals surface area (Å²) in [7, 11) is 1.59. The van der Waals surface area contributed by atoms with Gasteiger partial charge in [0.1, 0.15) is 17.0 Å². The summed E-state index contributed by atoms with van der Waals surface area (Å²) in [6.07, 6.45) is 2.85. The van der Waals surface area contributed by atoms with Crippen LogP contribution in [0.5, 0.6) is 5.75 Å². The molecule has 0 atom stereocenters. The number of ketones is 1. The van der Waals surface area contributed by atoms with Crippen LogP contribution in [0.25, 0.3) is 21.5 Å². The Hall–Kier alpha value is -3.45. The lowest BCUT2D eigenvalue weighted by atomic mass is 10.0. The summed E-state index contributed by atoms with van der Waals surface area (Å²) in [5, 5.41) is 2.68. The highest BCUT2D eigenvalue weighted by Crippen LogP contribution is 2.33. The van der Waals surface area contributed by atoms with E-state index in [2.05, 4.69) is 4.98 Å². The van der Waals surface area contributed by atoms with Gasteiger partial charge in [-0.05, 0) is 68.6 Å². The van der Waals surface area contributed by atoms with Crippen LogP contribution in [0.15, 0.2) is 60.2 Å². The number of ether oxygens (including phenoxy) is 2. The van der Waals surface area contributed by atoms with E-state index in [-0.39, 0.29) is 5.78 Å². The molecule has 0 unspecified atom stereocenters. The van der Waals surface area contributed by atoms with Crippen molar-refractivity contribution in [1.29, 1.82) is 0 Å². The average molecular weight is 435 g/mol. The fourth-order valence-electron chi connectivity index (χ4n) is 3.22. The molecule has 31 heavy (non-hydrogen) atoms. The third kappa shape index (κ3) is 4.22. The Kier molecular flexibility index (Phi) is 5.37. The van der Waals surface area contributed by atoms with Crippen molar-refractivity contribution in [3.63, 3.8) is 0 Å². The van der Waals surface area contributed by atoms with E-state index < -0.39 is 11.7 Å². The van der Waals surface area contributed by atoms with Crippen LogP contribution in [0, 0.1) is 0 Å². The minimum atomic E-state index is -0.596. The molecular formula is C24H22N2O4S. The van der Waals surface area contributed by atoms with Crippen molar-refractivity contribution in [3.05, 3.63) is 71.4 Å². The van der Waals surface area contributed by atoms with Crippen LogP contribution >= 0.6 is 11.3 Å². The molecule has 0 radical (unpaired) electrons.